The maximum atomic E-state index is 10.6. The number of aldehydes is 1. The van der Waals surface area contributed by atoms with Crippen molar-refractivity contribution in [3.63, 3.8) is 0 Å². The lowest BCUT2D eigenvalue weighted by molar-refractivity contribution is 0.112. The molecule has 0 saturated heterocycles. The first-order chi connectivity index (χ1) is 8.38. The maximum Gasteiger partial charge on any atom is 0.150 e. The van der Waals surface area contributed by atoms with E-state index in [0.29, 0.717) is 5.56 Å². The van der Waals surface area contributed by atoms with Crippen LogP contribution in [0.4, 0.5) is 0 Å². The van der Waals surface area contributed by atoms with Crippen LogP contribution in [0, 0.1) is 0 Å². The molecular weight excluding hydrogens is 212 g/mol. The summed E-state index contributed by atoms with van der Waals surface area (Å²) in [6.07, 6.45) is 5.57. The van der Waals surface area contributed by atoms with Crippen LogP contribution in [0.5, 0.6) is 0 Å². The summed E-state index contributed by atoms with van der Waals surface area (Å²) in [5, 5.41) is 7.54. The topological polar surface area (TPSA) is 45.8 Å². The monoisotopic (exact) mass is 226 g/mol. The van der Waals surface area contributed by atoms with Crippen molar-refractivity contribution in [1.29, 1.82) is 0 Å². The molecule has 0 spiro atoms. The van der Waals surface area contributed by atoms with Gasteiger partial charge in [-0.3, -0.25) is 9.89 Å². The summed E-state index contributed by atoms with van der Waals surface area (Å²) < 4.78 is 0. The zero-order chi connectivity index (χ0) is 11.7. The lowest BCUT2D eigenvalue weighted by atomic mass is 9.93. The second-order valence-corrected chi connectivity index (χ2v) is 4.48. The van der Waals surface area contributed by atoms with Crippen molar-refractivity contribution in [2.24, 2.45) is 0 Å². The van der Waals surface area contributed by atoms with E-state index in [-0.39, 0.29) is 0 Å². The number of aryl methyl sites for hydroxylation is 1. The zero-order valence-corrected chi connectivity index (χ0v) is 9.57. The van der Waals surface area contributed by atoms with Gasteiger partial charge in [0.05, 0.1) is 5.69 Å². The van der Waals surface area contributed by atoms with Crippen molar-refractivity contribution in [2.75, 3.05) is 0 Å². The van der Waals surface area contributed by atoms with Gasteiger partial charge in [0.25, 0.3) is 0 Å². The average molecular weight is 226 g/mol. The van der Waals surface area contributed by atoms with Crippen LogP contribution in [0.25, 0.3) is 11.3 Å². The van der Waals surface area contributed by atoms with Crippen LogP contribution in [-0.4, -0.2) is 16.5 Å². The number of nitrogens with one attached hydrogen (secondary N) is 1. The summed E-state index contributed by atoms with van der Waals surface area (Å²) in [5.41, 5.74) is 5.49. The average Bonchev–Trinajstić information content (AvgIpc) is 2.83. The smallest absolute Gasteiger partial charge is 0.150 e. The van der Waals surface area contributed by atoms with Crippen molar-refractivity contribution in [3.05, 3.63) is 41.1 Å². The van der Waals surface area contributed by atoms with Crippen LogP contribution in [0.2, 0.25) is 0 Å². The Hall–Kier alpha value is -1.90. The molecule has 0 bridgehead atoms. The van der Waals surface area contributed by atoms with E-state index in [4.69, 9.17) is 0 Å². The van der Waals surface area contributed by atoms with E-state index in [9.17, 15) is 4.79 Å². The van der Waals surface area contributed by atoms with Crippen LogP contribution in [-0.2, 0) is 12.8 Å². The van der Waals surface area contributed by atoms with Gasteiger partial charge in [-0.2, -0.15) is 5.10 Å². The van der Waals surface area contributed by atoms with Crippen LogP contribution < -0.4 is 0 Å². The third kappa shape index (κ3) is 1.78. The van der Waals surface area contributed by atoms with E-state index < -0.39 is 0 Å². The summed E-state index contributed by atoms with van der Waals surface area (Å²) in [4.78, 5) is 10.6. The van der Waals surface area contributed by atoms with E-state index in [2.05, 4.69) is 10.2 Å². The van der Waals surface area contributed by atoms with E-state index >= 15 is 0 Å². The minimum Gasteiger partial charge on any atom is -0.298 e. The maximum absolute atomic E-state index is 10.6. The lowest BCUT2D eigenvalue weighted by Gasteiger charge is -2.11. The molecule has 1 N–H and O–H groups in total. The quantitative estimate of drug-likeness (QED) is 0.800. The Morgan fingerprint density at radius 3 is 2.65 bits per heavy atom. The van der Waals surface area contributed by atoms with Crippen molar-refractivity contribution in [1.82, 2.24) is 10.2 Å². The molecule has 0 unspecified atom stereocenters. The van der Waals surface area contributed by atoms with Gasteiger partial charge >= 0.3 is 0 Å². The Labute approximate surface area is 99.9 Å². The van der Waals surface area contributed by atoms with Gasteiger partial charge < -0.3 is 0 Å². The molecular formula is C14H14N2O. The van der Waals surface area contributed by atoms with Gasteiger partial charge in [0.1, 0.15) is 6.29 Å². The van der Waals surface area contributed by atoms with Gasteiger partial charge in [-0.15, -0.1) is 0 Å². The summed E-state index contributed by atoms with van der Waals surface area (Å²) >= 11 is 0. The van der Waals surface area contributed by atoms with E-state index in [1.807, 2.05) is 24.3 Å². The Balaban J connectivity index is 2.02. The van der Waals surface area contributed by atoms with E-state index in [1.54, 1.807) is 0 Å². The molecule has 0 radical (unpaired) electrons. The van der Waals surface area contributed by atoms with Gasteiger partial charge in [0.15, 0.2) is 0 Å². The molecule has 0 aliphatic heterocycles. The standard InChI is InChI=1S/C14H14N2O/c17-9-10-5-7-11(8-6-10)14-12-3-1-2-4-13(12)15-16-14/h5-9H,1-4H2,(H,15,16). The van der Waals surface area contributed by atoms with Crippen molar-refractivity contribution >= 4 is 6.29 Å². The number of aromatic nitrogens is 2. The summed E-state index contributed by atoms with van der Waals surface area (Å²) in [6.45, 7) is 0. The highest BCUT2D eigenvalue weighted by Crippen LogP contribution is 2.29. The van der Waals surface area contributed by atoms with Gasteiger partial charge in [-0.05, 0) is 25.7 Å². The van der Waals surface area contributed by atoms with Crippen LogP contribution >= 0.6 is 0 Å². The van der Waals surface area contributed by atoms with Gasteiger partial charge in [0.2, 0.25) is 0 Å². The Morgan fingerprint density at radius 2 is 1.88 bits per heavy atom. The minimum absolute atomic E-state index is 0.707. The summed E-state index contributed by atoms with van der Waals surface area (Å²) in [6, 6.07) is 7.61. The Kier molecular flexibility index (Phi) is 2.52. The number of carbonyl (C=O) groups excluding carboxylic acids is 1. The van der Waals surface area contributed by atoms with Gasteiger partial charge in [-0.1, -0.05) is 24.3 Å². The fraction of sp³-hybridized carbons (Fsp3) is 0.286. The predicted octanol–water partition coefficient (Wildman–Crippen LogP) is 2.77. The minimum atomic E-state index is 0.707. The molecule has 0 saturated carbocycles. The molecule has 3 heteroatoms. The number of aromatic amines is 1. The number of rotatable bonds is 2. The second kappa shape index (κ2) is 4.17. The van der Waals surface area contributed by atoms with Crippen LogP contribution in [0.3, 0.4) is 0 Å². The molecule has 17 heavy (non-hydrogen) atoms. The van der Waals surface area contributed by atoms with Gasteiger partial charge in [-0.25, -0.2) is 0 Å². The zero-order valence-electron chi connectivity index (χ0n) is 9.57. The molecule has 1 aromatic heterocycles. The third-order valence-electron chi connectivity index (χ3n) is 3.38. The van der Waals surface area contributed by atoms with Crippen LogP contribution in [0.1, 0.15) is 34.5 Å². The van der Waals surface area contributed by atoms with Gasteiger partial charge in [0, 0.05) is 22.4 Å². The molecule has 3 nitrogen and oxygen atoms in total. The first-order valence-electron chi connectivity index (χ1n) is 6.00. The molecule has 3 rings (SSSR count). The number of H-pyrrole nitrogens is 1. The lowest BCUT2D eigenvalue weighted by Crippen LogP contribution is -2.01. The summed E-state index contributed by atoms with van der Waals surface area (Å²) in [7, 11) is 0. The fourth-order valence-corrected chi connectivity index (χ4v) is 2.44. The van der Waals surface area contributed by atoms with E-state index in [0.717, 1.165) is 30.4 Å². The number of hydrogen-bond acceptors (Lipinski definition) is 2. The first kappa shape index (κ1) is 10.3. The molecule has 1 aromatic carbocycles. The molecule has 1 heterocycles. The highest BCUT2D eigenvalue weighted by atomic mass is 16.1. The number of nitrogens with zero attached hydrogens (tertiary/aromatic N) is 1. The van der Waals surface area contributed by atoms with Crippen LogP contribution in [0.15, 0.2) is 24.3 Å². The first-order valence-corrected chi connectivity index (χ1v) is 6.00. The highest BCUT2D eigenvalue weighted by molar-refractivity contribution is 5.76. The molecule has 1 aliphatic carbocycles. The van der Waals surface area contributed by atoms with Crippen molar-refractivity contribution in [2.45, 2.75) is 25.7 Å². The molecule has 0 amide bonds. The van der Waals surface area contributed by atoms with Crippen molar-refractivity contribution in [3.8, 4) is 11.3 Å². The molecule has 0 atom stereocenters. The molecule has 2 aromatic rings. The Morgan fingerprint density at radius 1 is 1.12 bits per heavy atom. The highest BCUT2D eigenvalue weighted by Gasteiger charge is 2.17. The predicted molar refractivity (Wildman–Crippen MR) is 66.1 cm³/mol. The van der Waals surface area contributed by atoms with Crippen molar-refractivity contribution < 1.29 is 4.79 Å². The molecule has 0 fully saturated rings. The van der Waals surface area contributed by atoms with E-state index in [1.165, 1.54) is 24.1 Å². The SMILES string of the molecule is O=Cc1ccc(-c2n[nH]c3c2CCCC3)cc1. The number of benzene rings is 1. The molecule has 86 valence electrons. The number of fused-ring (bicyclic) bond motifs is 1. The normalized spacial score (nSPS) is 14.4. The third-order valence-corrected chi connectivity index (χ3v) is 3.38. The second-order valence-electron chi connectivity index (χ2n) is 4.48. The number of hydrogen-bond donors (Lipinski definition) is 1. The Bertz CT molecular complexity index is 540. The fourth-order valence-electron chi connectivity index (χ4n) is 2.44. The molecule has 1 aliphatic rings. The summed E-state index contributed by atoms with van der Waals surface area (Å²) in [5.74, 6) is 0. The largest absolute Gasteiger partial charge is 0.298 e. The number of carbonyl (C=O) groups is 1.